The minimum absolute atomic E-state index is 0.174. The third-order valence-corrected chi connectivity index (χ3v) is 5.46. The summed E-state index contributed by atoms with van der Waals surface area (Å²) in [6, 6.07) is 7.11. The van der Waals surface area contributed by atoms with Crippen LogP contribution in [0.25, 0.3) is 0 Å². The molecule has 1 aromatic rings. The van der Waals surface area contributed by atoms with Crippen molar-refractivity contribution in [2.75, 3.05) is 0 Å². The van der Waals surface area contributed by atoms with Crippen LogP contribution in [-0.2, 0) is 14.6 Å². The van der Waals surface area contributed by atoms with E-state index >= 15 is 0 Å². The van der Waals surface area contributed by atoms with Crippen molar-refractivity contribution in [3.63, 3.8) is 0 Å². The molecular weight excluding hydrogens is 298 g/mol. The third kappa shape index (κ3) is 3.87. The first kappa shape index (κ1) is 17.8. The van der Waals surface area contributed by atoms with Crippen LogP contribution in [0.5, 0.6) is 0 Å². The summed E-state index contributed by atoms with van der Waals surface area (Å²) in [6.45, 7) is 3.22. The molecule has 0 spiro atoms. The smallest absolute Gasteiger partial charge is 0.293 e. The largest absolute Gasteiger partial charge is 0.322 e. The summed E-state index contributed by atoms with van der Waals surface area (Å²) in [5, 5.41) is -2.00. The summed E-state index contributed by atoms with van der Waals surface area (Å²) < 4.78 is 53.5. The van der Waals surface area contributed by atoms with Gasteiger partial charge >= 0.3 is 5.92 Å². The molecule has 0 amide bonds. The van der Waals surface area contributed by atoms with Crippen molar-refractivity contribution in [2.24, 2.45) is 0 Å². The first-order valence-corrected chi connectivity index (χ1v) is 8.53. The second kappa shape index (κ2) is 7.11. The van der Waals surface area contributed by atoms with Crippen LogP contribution in [0, 0.1) is 0 Å². The van der Waals surface area contributed by atoms with Gasteiger partial charge in [-0.2, -0.15) is 8.78 Å². The number of carbonyl (C=O) groups is 1. The number of Topliss-reactive ketones (excluding diaryl/α,β-unsaturated/α-hetero) is 1. The Balaban J connectivity index is 3.26. The molecule has 0 fully saturated rings. The van der Waals surface area contributed by atoms with Crippen LogP contribution in [0.3, 0.4) is 0 Å². The van der Waals surface area contributed by atoms with Crippen LogP contribution in [0.4, 0.5) is 8.78 Å². The Morgan fingerprint density at radius 2 is 1.71 bits per heavy atom. The topological polar surface area (TPSA) is 51.2 Å². The van der Waals surface area contributed by atoms with E-state index in [1.54, 1.807) is 19.9 Å². The van der Waals surface area contributed by atoms with Crippen LogP contribution in [0.2, 0.25) is 0 Å². The molecule has 0 aliphatic carbocycles. The van der Waals surface area contributed by atoms with Crippen molar-refractivity contribution in [3.05, 3.63) is 30.3 Å². The number of ketones is 1. The number of halogens is 2. The average Bonchev–Trinajstić information content (AvgIpc) is 2.45. The van der Waals surface area contributed by atoms with Gasteiger partial charge in [-0.15, -0.1) is 0 Å². The van der Waals surface area contributed by atoms with E-state index in [1.807, 2.05) is 0 Å². The first-order valence-electron chi connectivity index (χ1n) is 6.98. The molecule has 3 nitrogen and oxygen atoms in total. The fourth-order valence-corrected chi connectivity index (χ4v) is 4.07. The molecular formula is C15H20F2O3S. The van der Waals surface area contributed by atoms with Crippen molar-refractivity contribution in [3.8, 4) is 0 Å². The lowest BCUT2D eigenvalue weighted by Crippen LogP contribution is -2.46. The number of rotatable bonds is 8. The third-order valence-electron chi connectivity index (χ3n) is 3.25. The number of carbonyl (C=O) groups excluding carboxylic acids is 1. The lowest BCUT2D eigenvalue weighted by molar-refractivity contribution is -0.143. The molecule has 1 rings (SSSR count). The number of benzene rings is 1. The zero-order valence-corrected chi connectivity index (χ0v) is 13.0. The van der Waals surface area contributed by atoms with E-state index in [4.69, 9.17) is 0 Å². The van der Waals surface area contributed by atoms with Gasteiger partial charge in [-0.3, -0.25) is 4.79 Å². The molecule has 0 aliphatic heterocycles. The number of sulfone groups is 1. The first-order chi connectivity index (χ1) is 9.78. The van der Waals surface area contributed by atoms with E-state index in [-0.39, 0.29) is 30.6 Å². The van der Waals surface area contributed by atoms with Gasteiger partial charge in [-0.05, 0) is 25.0 Å². The lowest BCUT2D eigenvalue weighted by Gasteiger charge is -2.25. The molecule has 1 atom stereocenters. The van der Waals surface area contributed by atoms with Crippen molar-refractivity contribution in [1.82, 2.24) is 0 Å². The van der Waals surface area contributed by atoms with Gasteiger partial charge in [0.1, 0.15) is 5.25 Å². The molecule has 1 unspecified atom stereocenters. The SMILES string of the molecule is CCCC(=O)C(F)(F)C(CCC)S(=O)(=O)c1ccccc1. The maximum absolute atomic E-state index is 14.3. The molecule has 0 aromatic heterocycles. The zero-order chi connectivity index (χ0) is 16.1. The van der Waals surface area contributed by atoms with Gasteiger partial charge in [0.25, 0.3) is 0 Å². The Bertz CT molecular complexity index is 568. The quantitative estimate of drug-likeness (QED) is 0.735. The van der Waals surface area contributed by atoms with E-state index in [1.165, 1.54) is 24.3 Å². The molecule has 0 N–H and O–H groups in total. The highest BCUT2D eigenvalue weighted by Crippen LogP contribution is 2.34. The van der Waals surface area contributed by atoms with E-state index in [0.29, 0.717) is 0 Å². The van der Waals surface area contributed by atoms with Gasteiger partial charge in [0.15, 0.2) is 9.84 Å². The van der Waals surface area contributed by atoms with E-state index in [0.717, 1.165) is 0 Å². The highest BCUT2D eigenvalue weighted by atomic mass is 32.2. The predicted octanol–water partition coefficient (Wildman–Crippen LogP) is 3.63. The minimum Gasteiger partial charge on any atom is -0.293 e. The molecule has 0 saturated heterocycles. The minimum atomic E-state index is -4.26. The van der Waals surface area contributed by atoms with E-state index in [9.17, 15) is 22.0 Å². The van der Waals surface area contributed by atoms with E-state index < -0.39 is 26.8 Å². The van der Waals surface area contributed by atoms with Crippen molar-refractivity contribution in [2.45, 2.75) is 55.6 Å². The Labute approximate surface area is 124 Å². The Morgan fingerprint density at radius 3 is 2.19 bits per heavy atom. The summed E-state index contributed by atoms with van der Waals surface area (Å²) >= 11 is 0. The molecule has 0 aliphatic rings. The number of hydrogen-bond donors (Lipinski definition) is 0. The Morgan fingerprint density at radius 1 is 1.14 bits per heavy atom. The van der Waals surface area contributed by atoms with Gasteiger partial charge in [-0.1, -0.05) is 38.5 Å². The fourth-order valence-electron chi connectivity index (χ4n) is 2.14. The summed E-state index contributed by atoms with van der Waals surface area (Å²) in [7, 11) is -4.26. The Kier molecular flexibility index (Phi) is 6.01. The van der Waals surface area contributed by atoms with Gasteiger partial charge < -0.3 is 0 Å². The summed E-state index contributed by atoms with van der Waals surface area (Å²) in [4.78, 5) is 11.5. The maximum atomic E-state index is 14.3. The highest BCUT2D eigenvalue weighted by Gasteiger charge is 2.52. The molecule has 0 saturated carbocycles. The number of alkyl halides is 2. The molecule has 21 heavy (non-hydrogen) atoms. The average molecular weight is 318 g/mol. The van der Waals surface area contributed by atoms with Gasteiger partial charge in [0, 0.05) is 6.42 Å². The zero-order valence-electron chi connectivity index (χ0n) is 12.2. The predicted molar refractivity (Wildman–Crippen MR) is 77.2 cm³/mol. The molecule has 6 heteroatoms. The molecule has 0 radical (unpaired) electrons. The van der Waals surface area contributed by atoms with Crippen LogP contribution in [0.15, 0.2) is 35.2 Å². The monoisotopic (exact) mass is 318 g/mol. The summed E-state index contributed by atoms with van der Waals surface area (Å²) in [6.07, 6.45) is -0.0540. The highest BCUT2D eigenvalue weighted by molar-refractivity contribution is 7.92. The molecule has 0 heterocycles. The normalized spacial score (nSPS) is 13.9. The second-order valence-corrected chi connectivity index (χ2v) is 7.06. The molecule has 0 bridgehead atoms. The van der Waals surface area contributed by atoms with Crippen LogP contribution in [-0.4, -0.2) is 25.4 Å². The van der Waals surface area contributed by atoms with Gasteiger partial charge in [0.05, 0.1) is 4.90 Å². The summed E-state index contributed by atoms with van der Waals surface area (Å²) in [5.41, 5.74) is 0. The fraction of sp³-hybridized carbons (Fsp3) is 0.533. The molecule has 118 valence electrons. The summed E-state index contributed by atoms with van der Waals surface area (Å²) in [5.74, 6) is -5.16. The van der Waals surface area contributed by atoms with Gasteiger partial charge in [-0.25, -0.2) is 8.42 Å². The van der Waals surface area contributed by atoms with Crippen LogP contribution in [0.1, 0.15) is 39.5 Å². The van der Waals surface area contributed by atoms with Crippen molar-refractivity contribution >= 4 is 15.6 Å². The van der Waals surface area contributed by atoms with E-state index in [2.05, 4.69) is 0 Å². The number of hydrogen-bond acceptors (Lipinski definition) is 3. The van der Waals surface area contributed by atoms with Crippen molar-refractivity contribution < 1.29 is 22.0 Å². The van der Waals surface area contributed by atoms with Crippen LogP contribution < -0.4 is 0 Å². The Hall–Kier alpha value is -1.30. The molecule has 1 aromatic carbocycles. The standard InChI is InChI=1S/C15H20F2O3S/c1-3-8-13(18)15(16,17)14(9-4-2)21(19,20)12-10-6-5-7-11-12/h5-7,10-11,14H,3-4,8-9H2,1-2H3. The van der Waals surface area contributed by atoms with Crippen molar-refractivity contribution in [1.29, 1.82) is 0 Å². The maximum Gasteiger partial charge on any atom is 0.322 e. The van der Waals surface area contributed by atoms with Gasteiger partial charge in [0.2, 0.25) is 5.78 Å². The lowest BCUT2D eigenvalue weighted by atomic mass is 10.0. The van der Waals surface area contributed by atoms with Crippen LogP contribution >= 0.6 is 0 Å². The second-order valence-electron chi connectivity index (χ2n) is 4.93.